The molecule has 14 heavy (non-hydrogen) atoms. The summed E-state index contributed by atoms with van der Waals surface area (Å²) in [4.78, 5) is 10.9. The number of rotatable bonds is 2. The van der Waals surface area contributed by atoms with Gasteiger partial charge in [-0.2, -0.15) is 0 Å². The molecule has 0 fully saturated rings. The van der Waals surface area contributed by atoms with Crippen molar-refractivity contribution in [1.29, 1.82) is 0 Å². The Kier molecular flexibility index (Phi) is 2.28. The Bertz CT molecular complexity index is 369. The highest BCUT2D eigenvalue weighted by Gasteiger charge is 2.23. The van der Waals surface area contributed by atoms with E-state index in [1.165, 1.54) is 11.1 Å². The van der Waals surface area contributed by atoms with Crippen LogP contribution in [0, 0.1) is 6.92 Å². The predicted molar refractivity (Wildman–Crippen MR) is 54.6 cm³/mol. The molecule has 0 saturated carbocycles. The quantitative estimate of drug-likeness (QED) is 0.715. The topological polar surface area (TPSA) is 26.3 Å². The normalized spacial score (nSPS) is 18.9. The van der Waals surface area contributed by atoms with Crippen molar-refractivity contribution >= 4 is 5.78 Å². The van der Waals surface area contributed by atoms with Crippen LogP contribution in [0.1, 0.15) is 24.5 Å². The van der Waals surface area contributed by atoms with E-state index in [9.17, 15) is 4.79 Å². The third-order valence-corrected chi connectivity index (χ3v) is 2.47. The SMILES string of the molecule is CC(=O)CC1Cc2cc(C)ccc2O1. The maximum Gasteiger partial charge on any atom is 0.133 e. The fraction of sp³-hybridized carbons (Fsp3) is 0.417. The standard InChI is InChI=1S/C12H14O2/c1-8-3-4-12-10(5-8)7-11(14-12)6-9(2)13/h3-5,11H,6-7H2,1-2H3. The zero-order valence-corrected chi connectivity index (χ0v) is 8.54. The Labute approximate surface area is 83.9 Å². The van der Waals surface area contributed by atoms with Gasteiger partial charge in [0.1, 0.15) is 17.6 Å². The van der Waals surface area contributed by atoms with Crippen molar-refractivity contribution < 1.29 is 9.53 Å². The van der Waals surface area contributed by atoms with Gasteiger partial charge >= 0.3 is 0 Å². The maximum atomic E-state index is 10.9. The van der Waals surface area contributed by atoms with Crippen LogP contribution in [0.4, 0.5) is 0 Å². The second-order valence-corrected chi connectivity index (χ2v) is 3.96. The summed E-state index contributed by atoms with van der Waals surface area (Å²) in [5.41, 5.74) is 2.48. The summed E-state index contributed by atoms with van der Waals surface area (Å²) < 4.78 is 5.65. The summed E-state index contributed by atoms with van der Waals surface area (Å²) in [6, 6.07) is 6.16. The summed E-state index contributed by atoms with van der Waals surface area (Å²) in [5.74, 6) is 1.14. The van der Waals surface area contributed by atoms with Crippen LogP contribution in [-0.2, 0) is 11.2 Å². The summed E-state index contributed by atoms with van der Waals surface area (Å²) in [6.45, 7) is 3.68. The van der Waals surface area contributed by atoms with Gasteiger partial charge in [0, 0.05) is 12.8 Å². The lowest BCUT2D eigenvalue weighted by Gasteiger charge is -2.07. The van der Waals surface area contributed by atoms with E-state index >= 15 is 0 Å². The number of carbonyl (C=O) groups excluding carboxylic acids is 1. The Hall–Kier alpha value is -1.31. The molecular formula is C12H14O2. The summed E-state index contributed by atoms with van der Waals surface area (Å²) in [6.07, 6.45) is 1.45. The number of hydrogen-bond donors (Lipinski definition) is 0. The van der Waals surface area contributed by atoms with Gasteiger partial charge in [-0.25, -0.2) is 0 Å². The molecule has 1 aromatic rings. The smallest absolute Gasteiger partial charge is 0.133 e. The maximum absolute atomic E-state index is 10.9. The van der Waals surface area contributed by atoms with Gasteiger partial charge in [0.05, 0.1) is 0 Å². The molecule has 0 amide bonds. The molecule has 0 radical (unpaired) electrons. The van der Waals surface area contributed by atoms with Crippen LogP contribution >= 0.6 is 0 Å². The van der Waals surface area contributed by atoms with Gasteiger partial charge < -0.3 is 4.74 Å². The minimum Gasteiger partial charge on any atom is -0.489 e. The van der Waals surface area contributed by atoms with Crippen molar-refractivity contribution in [2.24, 2.45) is 0 Å². The average molecular weight is 190 g/mol. The van der Waals surface area contributed by atoms with Crippen LogP contribution in [0.5, 0.6) is 5.75 Å². The molecule has 1 atom stereocenters. The summed E-state index contributed by atoms with van der Waals surface area (Å²) in [7, 11) is 0. The van der Waals surface area contributed by atoms with Crippen molar-refractivity contribution in [1.82, 2.24) is 0 Å². The zero-order chi connectivity index (χ0) is 10.1. The molecule has 0 bridgehead atoms. The lowest BCUT2D eigenvalue weighted by Crippen LogP contribution is -2.16. The highest BCUT2D eigenvalue weighted by atomic mass is 16.5. The number of fused-ring (bicyclic) bond motifs is 1. The zero-order valence-electron chi connectivity index (χ0n) is 8.54. The minimum absolute atomic E-state index is 0.0595. The number of carbonyl (C=O) groups is 1. The Morgan fingerprint density at radius 1 is 1.57 bits per heavy atom. The summed E-state index contributed by atoms with van der Waals surface area (Å²) in [5, 5.41) is 0. The van der Waals surface area contributed by atoms with Crippen molar-refractivity contribution in [2.45, 2.75) is 32.8 Å². The van der Waals surface area contributed by atoms with E-state index < -0.39 is 0 Å². The van der Waals surface area contributed by atoms with Crippen molar-refractivity contribution in [3.05, 3.63) is 29.3 Å². The molecule has 1 aliphatic rings. The molecular weight excluding hydrogens is 176 g/mol. The first-order valence-corrected chi connectivity index (χ1v) is 4.91. The van der Waals surface area contributed by atoms with Gasteiger partial charge in [-0.1, -0.05) is 17.7 Å². The van der Waals surface area contributed by atoms with Gasteiger partial charge in [0.2, 0.25) is 0 Å². The monoisotopic (exact) mass is 190 g/mol. The van der Waals surface area contributed by atoms with E-state index in [4.69, 9.17) is 4.74 Å². The number of aryl methyl sites for hydroxylation is 1. The third kappa shape index (κ3) is 1.79. The van der Waals surface area contributed by atoms with E-state index in [1.54, 1.807) is 6.92 Å². The van der Waals surface area contributed by atoms with Crippen LogP contribution in [0.3, 0.4) is 0 Å². The van der Waals surface area contributed by atoms with Crippen LogP contribution in [0.25, 0.3) is 0 Å². The molecule has 1 heterocycles. The fourth-order valence-corrected chi connectivity index (χ4v) is 1.88. The average Bonchev–Trinajstić information content (AvgIpc) is 2.44. The Morgan fingerprint density at radius 3 is 3.07 bits per heavy atom. The molecule has 1 aliphatic heterocycles. The first kappa shape index (κ1) is 9.25. The molecule has 0 saturated heterocycles. The van der Waals surface area contributed by atoms with E-state index in [0.717, 1.165) is 12.2 Å². The van der Waals surface area contributed by atoms with Gasteiger partial charge in [-0.15, -0.1) is 0 Å². The first-order valence-electron chi connectivity index (χ1n) is 4.91. The van der Waals surface area contributed by atoms with E-state index in [2.05, 4.69) is 13.0 Å². The first-order chi connectivity index (χ1) is 6.65. The van der Waals surface area contributed by atoms with Gasteiger partial charge in [-0.05, 0) is 25.5 Å². The molecule has 2 rings (SSSR count). The highest BCUT2D eigenvalue weighted by Crippen LogP contribution is 2.30. The van der Waals surface area contributed by atoms with E-state index in [-0.39, 0.29) is 11.9 Å². The molecule has 1 unspecified atom stereocenters. The van der Waals surface area contributed by atoms with Crippen LogP contribution in [-0.4, -0.2) is 11.9 Å². The van der Waals surface area contributed by atoms with Crippen LogP contribution in [0.15, 0.2) is 18.2 Å². The number of benzene rings is 1. The lowest BCUT2D eigenvalue weighted by atomic mass is 10.0. The molecule has 2 heteroatoms. The molecule has 0 aliphatic carbocycles. The molecule has 0 spiro atoms. The van der Waals surface area contributed by atoms with Crippen molar-refractivity contribution in [3.63, 3.8) is 0 Å². The Balaban J connectivity index is 2.14. The molecule has 2 nitrogen and oxygen atoms in total. The third-order valence-electron chi connectivity index (χ3n) is 2.47. The number of Topliss-reactive ketones (excluding diaryl/α,β-unsaturated/α-hetero) is 1. The Morgan fingerprint density at radius 2 is 2.36 bits per heavy atom. The van der Waals surface area contributed by atoms with Crippen LogP contribution < -0.4 is 4.74 Å². The van der Waals surface area contributed by atoms with Crippen molar-refractivity contribution in [3.8, 4) is 5.75 Å². The summed E-state index contributed by atoms with van der Waals surface area (Å²) >= 11 is 0. The molecule has 1 aromatic carbocycles. The van der Waals surface area contributed by atoms with E-state index in [0.29, 0.717) is 6.42 Å². The number of ether oxygens (including phenoxy) is 1. The number of hydrogen-bond acceptors (Lipinski definition) is 2. The predicted octanol–water partition coefficient (Wildman–Crippen LogP) is 2.28. The second kappa shape index (κ2) is 3.45. The van der Waals surface area contributed by atoms with Gasteiger partial charge in [0.15, 0.2) is 0 Å². The van der Waals surface area contributed by atoms with Crippen molar-refractivity contribution in [2.75, 3.05) is 0 Å². The largest absolute Gasteiger partial charge is 0.489 e. The van der Waals surface area contributed by atoms with E-state index in [1.807, 2.05) is 12.1 Å². The highest BCUT2D eigenvalue weighted by molar-refractivity contribution is 5.76. The van der Waals surface area contributed by atoms with Crippen LogP contribution in [0.2, 0.25) is 0 Å². The molecule has 0 aromatic heterocycles. The van der Waals surface area contributed by atoms with Gasteiger partial charge in [-0.3, -0.25) is 4.79 Å². The minimum atomic E-state index is 0.0595. The van der Waals surface area contributed by atoms with Gasteiger partial charge in [0.25, 0.3) is 0 Å². The fourth-order valence-electron chi connectivity index (χ4n) is 1.88. The number of ketones is 1. The lowest BCUT2D eigenvalue weighted by molar-refractivity contribution is -0.118. The second-order valence-electron chi connectivity index (χ2n) is 3.96. The molecule has 0 N–H and O–H groups in total. The molecule has 74 valence electrons.